The second-order valence-electron chi connectivity index (χ2n) is 6.19. The predicted octanol–water partition coefficient (Wildman–Crippen LogP) is 2.56. The maximum absolute atomic E-state index is 12.6. The molecule has 2 rings (SSSR count). The van der Waals surface area contributed by atoms with E-state index < -0.39 is 12.1 Å². The third kappa shape index (κ3) is 3.27. The van der Waals surface area contributed by atoms with Crippen molar-refractivity contribution in [1.29, 1.82) is 0 Å². The summed E-state index contributed by atoms with van der Waals surface area (Å²) in [5.74, 6) is -1.40. The molecule has 2 unspecified atom stereocenters. The number of carbonyl (C=O) groups excluding carboxylic acids is 1. The van der Waals surface area contributed by atoms with Crippen molar-refractivity contribution >= 4 is 5.91 Å². The van der Waals surface area contributed by atoms with Gasteiger partial charge in [-0.2, -0.15) is 13.2 Å². The molecule has 0 spiro atoms. The number of hydrogen-bond donors (Lipinski definition) is 1. The lowest BCUT2D eigenvalue weighted by Gasteiger charge is -2.42. The number of alkyl halides is 3. The molecular weight excluding hydrogens is 269 g/mol. The third-order valence-corrected chi connectivity index (χ3v) is 4.62. The Bertz CT molecular complexity index is 341. The summed E-state index contributed by atoms with van der Waals surface area (Å²) in [6.07, 6.45) is -3.19. The molecule has 1 amide bonds. The highest BCUT2D eigenvalue weighted by Gasteiger charge is 2.43. The fraction of sp³-hybridized carbons (Fsp3) is 0.929. The highest BCUT2D eigenvalue weighted by atomic mass is 19.4. The van der Waals surface area contributed by atoms with Crippen molar-refractivity contribution < 1.29 is 18.0 Å². The zero-order valence-corrected chi connectivity index (χ0v) is 12.0. The van der Waals surface area contributed by atoms with Crippen LogP contribution in [0.1, 0.15) is 39.5 Å². The Morgan fingerprint density at radius 1 is 1.05 bits per heavy atom. The number of nitrogens with zero attached hydrogens (tertiary/aromatic N) is 1. The van der Waals surface area contributed by atoms with Crippen LogP contribution in [0, 0.1) is 11.8 Å². The Morgan fingerprint density at radius 3 is 2.00 bits per heavy atom. The number of halogens is 3. The van der Waals surface area contributed by atoms with Crippen LogP contribution in [0.15, 0.2) is 0 Å². The highest BCUT2D eigenvalue weighted by Crippen LogP contribution is 2.40. The number of carbonyl (C=O) groups is 1. The average molecular weight is 292 g/mol. The summed E-state index contributed by atoms with van der Waals surface area (Å²) in [5.41, 5.74) is 0. The quantitative estimate of drug-likeness (QED) is 0.805. The molecule has 1 N–H and O–H groups in total. The molecule has 1 aliphatic carbocycles. The van der Waals surface area contributed by atoms with Gasteiger partial charge in [0.2, 0.25) is 5.91 Å². The van der Waals surface area contributed by atoms with Crippen LogP contribution in [0.5, 0.6) is 0 Å². The van der Waals surface area contributed by atoms with E-state index in [9.17, 15) is 18.0 Å². The zero-order valence-electron chi connectivity index (χ0n) is 12.0. The van der Waals surface area contributed by atoms with E-state index in [1.165, 1.54) is 0 Å². The molecule has 0 aromatic heterocycles. The fourth-order valence-corrected chi connectivity index (χ4v) is 3.45. The van der Waals surface area contributed by atoms with Crippen LogP contribution < -0.4 is 5.32 Å². The molecule has 1 heterocycles. The zero-order chi connectivity index (χ0) is 14.9. The van der Waals surface area contributed by atoms with Gasteiger partial charge in [-0.1, -0.05) is 0 Å². The van der Waals surface area contributed by atoms with E-state index in [1.807, 2.05) is 18.7 Å². The minimum Gasteiger partial charge on any atom is -0.334 e. The van der Waals surface area contributed by atoms with Crippen molar-refractivity contribution in [3.05, 3.63) is 0 Å². The van der Waals surface area contributed by atoms with E-state index in [2.05, 4.69) is 5.32 Å². The van der Waals surface area contributed by atoms with Gasteiger partial charge in [0.15, 0.2) is 0 Å². The van der Waals surface area contributed by atoms with E-state index in [0.29, 0.717) is 12.8 Å². The Morgan fingerprint density at radius 2 is 1.55 bits per heavy atom. The van der Waals surface area contributed by atoms with Crippen molar-refractivity contribution in [2.45, 2.75) is 57.8 Å². The summed E-state index contributed by atoms with van der Waals surface area (Å²) in [6.45, 7) is 5.49. The van der Waals surface area contributed by atoms with Gasteiger partial charge >= 0.3 is 6.18 Å². The number of nitrogens with one attached hydrogen (secondary N) is 1. The van der Waals surface area contributed by atoms with Crippen LogP contribution in [-0.4, -0.2) is 42.2 Å². The lowest BCUT2D eigenvalue weighted by Crippen LogP contribution is -2.58. The molecule has 1 saturated heterocycles. The van der Waals surface area contributed by atoms with Gasteiger partial charge in [-0.05, 0) is 39.5 Å². The van der Waals surface area contributed by atoms with Crippen molar-refractivity contribution in [2.24, 2.45) is 11.8 Å². The minimum absolute atomic E-state index is 0.0483. The van der Waals surface area contributed by atoms with E-state index in [1.54, 1.807) is 0 Å². The first kappa shape index (κ1) is 15.6. The molecule has 0 aromatic carbocycles. The van der Waals surface area contributed by atoms with E-state index >= 15 is 0 Å². The molecular formula is C14H23F3N2O. The van der Waals surface area contributed by atoms with Gasteiger partial charge in [0.05, 0.1) is 5.92 Å². The van der Waals surface area contributed by atoms with Crippen LogP contribution in [0.3, 0.4) is 0 Å². The third-order valence-electron chi connectivity index (χ3n) is 4.62. The van der Waals surface area contributed by atoms with Gasteiger partial charge in [0.1, 0.15) is 0 Å². The van der Waals surface area contributed by atoms with E-state index in [4.69, 9.17) is 0 Å². The van der Waals surface area contributed by atoms with Gasteiger partial charge < -0.3 is 10.2 Å². The number of amides is 1. The SMILES string of the molecule is CC1CNCC(C)N1C(=O)C1CCC(C(F)(F)F)CC1. The maximum atomic E-state index is 12.6. The first-order chi connectivity index (χ1) is 9.30. The molecule has 3 nitrogen and oxygen atoms in total. The highest BCUT2D eigenvalue weighted by molar-refractivity contribution is 5.79. The second kappa shape index (κ2) is 5.92. The largest absolute Gasteiger partial charge is 0.391 e. The smallest absolute Gasteiger partial charge is 0.334 e. The summed E-state index contributed by atoms with van der Waals surface area (Å²) in [6, 6.07) is 0.234. The van der Waals surface area contributed by atoms with Crippen LogP contribution in [0.25, 0.3) is 0 Å². The van der Waals surface area contributed by atoms with Gasteiger partial charge in [-0.15, -0.1) is 0 Å². The molecule has 2 fully saturated rings. The van der Waals surface area contributed by atoms with Gasteiger partial charge in [-0.25, -0.2) is 0 Å². The summed E-state index contributed by atoms with van der Waals surface area (Å²) >= 11 is 0. The minimum atomic E-state index is -4.11. The van der Waals surface area contributed by atoms with Crippen LogP contribution in [-0.2, 0) is 4.79 Å². The Kier molecular flexibility index (Phi) is 4.62. The predicted molar refractivity (Wildman–Crippen MR) is 70.1 cm³/mol. The molecule has 20 heavy (non-hydrogen) atoms. The van der Waals surface area contributed by atoms with Crippen LogP contribution in [0.2, 0.25) is 0 Å². The molecule has 2 atom stereocenters. The number of rotatable bonds is 1. The average Bonchev–Trinajstić information content (AvgIpc) is 2.37. The molecule has 0 radical (unpaired) electrons. The van der Waals surface area contributed by atoms with E-state index in [-0.39, 0.29) is 36.8 Å². The summed E-state index contributed by atoms with van der Waals surface area (Å²) in [5, 5.41) is 3.26. The van der Waals surface area contributed by atoms with Crippen molar-refractivity contribution in [2.75, 3.05) is 13.1 Å². The van der Waals surface area contributed by atoms with E-state index in [0.717, 1.165) is 13.1 Å². The molecule has 0 aromatic rings. The summed E-state index contributed by atoms with van der Waals surface area (Å²) in [7, 11) is 0. The molecule has 1 saturated carbocycles. The van der Waals surface area contributed by atoms with Gasteiger partial charge in [0, 0.05) is 31.1 Å². The lowest BCUT2D eigenvalue weighted by molar-refractivity contribution is -0.185. The molecule has 6 heteroatoms. The summed E-state index contributed by atoms with van der Waals surface area (Å²) in [4.78, 5) is 14.4. The van der Waals surface area contributed by atoms with Crippen LogP contribution in [0.4, 0.5) is 13.2 Å². The first-order valence-electron chi connectivity index (χ1n) is 7.40. The Balaban J connectivity index is 1.94. The molecule has 0 bridgehead atoms. The monoisotopic (exact) mass is 292 g/mol. The summed E-state index contributed by atoms with van der Waals surface area (Å²) < 4.78 is 37.9. The van der Waals surface area contributed by atoms with Gasteiger partial charge in [0.25, 0.3) is 0 Å². The fourth-order valence-electron chi connectivity index (χ4n) is 3.45. The maximum Gasteiger partial charge on any atom is 0.391 e. The van der Waals surface area contributed by atoms with Crippen molar-refractivity contribution in [3.8, 4) is 0 Å². The van der Waals surface area contributed by atoms with Crippen molar-refractivity contribution in [1.82, 2.24) is 10.2 Å². The Hall–Kier alpha value is -0.780. The molecule has 2 aliphatic rings. The second-order valence-corrected chi connectivity index (χ2v) is 6.19. The molecule has 1 aliphatic heterocycles. The number of hydrogen-bond acceptors (Lipinski definition) is 2. The van der Waals surface area contributed by atoms with Crippen molar-refractivity contribution in [3.63, 3.8) is 0 Å². The Labute approximate surface area is 117 Å². The van der Waals surface area contributed by atoms with Gasteiger partial charge in [-0.3, -0.25) is 4.79 Å². The standard InChI is InChI=1S/C14H23F3N2O/c1-9-7-18-8-10(2)19(9)13(20)11-3-5-12(6-4-11)14(15,16)17/h9-12,18H,3-8H2,1-2H3. The van der Waals surface area contributed by atoms with Crippen LogP contribution >= 0.6 is 0 Å². The first-order valence-corrected chi connectivity index (χ1v) is 7.40. The lowest BCUT2D eigenvalue weighted by atomic mass is 9.80. The number of piperazine rings is 1. The normalized spacial score (nSPS) is 36.0. The molecule has 116 valence electrons. The topological polar surface area (TPSA) is 32.3 Å².